The monoisotopic (exact) mass is 600 g/mol. The molecular weight excluding hydrogens is 570 g/mol. The minimum atomic E-state index is -3.18. The normalized spacial score (nSPS) is 12.3. The van der Waals surface area contributed by atoms with E-state index in [2.05, 4.69) is 109 Å². The molecular formula is C41H30OP2. The van der Waals surface area contributed by atoms with Gasteiger partial charge in [-0.2, -0.15) is 0 Å². The van der Waals surface area contributed by atoms with Gasteiger partial charge in [-0.3, -0.25) is 0 Å². The van der Waals surface area contributed by atoms with Crippen molar-refractivity contribution in [2.45, 2.75) is 0 Å². The minimum Gasteiger partial charge on any atom is -0.309 e. The standard InChI is InChI=1S/C41H30OP2/c1-43(32-14-6-2-7-15-32,33-16-8-3-9-17-33)38-28-24-30-23-27-37-39(29-25-31-22-26-36(38)40(30)41(31)37)44(42,34-18-10-4-11-19-34)35-20-12-5-13-21-35/h2-29H,1H2. The highest BCUT2D eigenvalue weighted by molar-refractivity contribution is 7.93. The van der Waals surface area contributed by atoms with Crippen LogP contribution < -0.4 is 31.8 Å². The van der Waals surface area contributed by atoms with Crippen LogP contribution in [0.2, 0.25) is 0 Å². The molecule has 0 aliphatic carbocycles. The number of rotatable bonds is 6. The van der Waals surface area contributed by atoms with Gasteiger partial charge in [0.2, 0.25) is 0 Å². The Kier molecular flexibility index (Phi) is 6.42. The van der Waals surface area contributed by atoms with Crippen LogP contribution in [0.4, 0.5) is 0 Å². The van der Waals surface area contributed by atoms with Crippen molar-refractivity contribution < 1.29 is 4.57 Å². The van der Waals surface area contributed by atoms with E-state index in [1.807, 2.05) is 60.7 Å². The molecule has 0 aliphatic heterocycles. The maximum Gasteiger partial charge on any atom is 0.171 e. The lowest BCUT2D eigenvalue weighted by atomic mass is 9.94. The summed E-state index contributed by atoms with van der Waals surface area (Å²) in [5, 5.41) is 13.3. The van der Waals surface area contributed by atoms with Gasteiger partial charge in [0.25, 0.3) is 0 Å². The average Bonchev–Trinajstić information content (AvgIpc) is 3.11. The van der Waals surface area contributed by atoms with Crippen molar-refractivity contribution in [2.75, 3.05) is 0 Å². The second-order valence-electron chi connectivity index (χ2n) is 11.4. The molecule has 0 amide bonds. The summed E-state index contributed by atoms with van der Waals surface area (Å²) in [6.07, 6.45) is 5.07. The zero-order chi connectivity index (χ0) is 29.7. The lowest BCUT2D eigenvalue weighted by Gasteiger charge is -2.29. The van der Waals surface area contributed by atoms with Crippen LogP contribution in [0.5, 0.6) is 0 Å². The molecule has 210 valence electrons. The summed E-state index contributed by atoms with van der Waals surface area (Å²) >= 11 is 0. The van der Waals surface area contributed by atoms with E-state index < -0.39 is 14.0 Å². The molecule has 0 N–H and O–H groups in total. The van der Waals surface area contributed by atoms with Gasteiger partial charge in [-0.25, -0.2) is 0 Å². The van der Waals surface area contributed by atoms with Crippen molar-refractivity contribution >= 4 is 84.5 Å². The largest absolute Gasteiger partial charge is 0.309 e. The third-order valence-electron chi connectivity index (χ3n) is 9.00. The fourth-order valence-electron chi connectivity index (χ4n) is 6.87. The van der Waals surface area contributed by atoms with Crippen LogP contribution in [-0.2, 0) is 4.57 Å². The molecule has 0 aliphatic rings. The van der Waals surface area contributed by atoms with Gasteiger partial charge in [0.15, 0.2) is 7.14 Å². The van der Waals surface area contributed by atoms with Crippen molar-refractivity contribution in [2.24, 2.45) is 0 Å². The summed E-state index contributed by atoms with van der Waals surface area (Å²) in [6.45, 7) is -2.23. The van der Waals surface area contributed by atoms with Gasteiger partial charge in [0.05, 0.1) is 0 Å². The molecule has 0 unspecified atom stereocenters. The second-order valence-corrected chi connectivity index (χ2v) is 17.2. The predicted octanol–water partition coefficient (Wildman–Crippen LogP) is 7.95. The Hall–Kier alpha value is -4.67. The van der Waals surface area contributed by atoms with E-state index >= 15 is 4.57 Å². The Labute approximate surface area is 258 Å². The SMILES string of the molecule is C=P(c1ccccc1)(c1ccccc1)c1ccc2ccc3c(P(=O)(c4ccccc4)c4ccccc4)ccc4ccc1c2c43. The van der Waals surface area contributed by atoms with Crippen LogP contribution in [0, 0.1) is 0 Å². The molecule has 8 aromatic rings. The summed E-state index contributed by atoms with van der Waals surface area (Å²) in [5.41, 5.74) is 0. The molecule has 0 bridgehead atoms. The molecule has 0 fully saturated rings. The third kappa shape index (κ3) is 3.98. The molecule has 0 saturated carbocycles. The maximum absolute atomic E-state index is 15.6. The highest BCUT2D eigenvalue weighted by Gasteiger charge is 2.32. The van der Waals surface area contributed by atoms with Crippen molar-refractivity contribution in [3.63, 3.8) is 0 Å². The fraction of sp³-hybridized carbons (Fsp3) is 0. The van der Waals surface area contributed by atoms with E-state index in [1.54, 1.807) is 0 Å². The maximum atomic E-state index is 15.6. The lowest BCUT2D eigenvalue weighted by molar-refractivity contribution is 0.592. The summed E-state index contributed by atoms with van der Waals surface area (Å²) in [7, 11) is -3.18. The highest BCUT2D eigenvalue weighted by atomic mass is 31.2. The van der Waals surface area contributed by atoms with Crippen LogP contribution >= 0.6 is 14.0 Å². The quantitative estimate of drug-likeness (QED) is 0.140. The zero-order valence-corrected chi connectivity index (χ0v) is 26.0. The fourth-order valence-corrected chi connectivity index (χ4v) is 12.9. The number of hydrogen-bond donors (Lipinski definition) is 0. The number of hydrogen-bond acceptors (Lipinski definition) is 1. The summed E-state index contributed by atoms with van der Waals surface area (Å²) < 4.78 is 15.6. The van der Waals surface area contributed by atoms with Gasteiger partial charge >= 0.3 is 0 Å². The Morgan fingerprint density at radius 3 is 1.14 bits per heavy atom. The summed E-state index contributed by atoms with van der Waals surface area (Å²) in [5.74, 6) is 0. The summed E-state index contributed by atoms with van der Waals surface area (Å²) in [4.78, 5) is 0. The molecule has 0 saturated heterocycles. The first kappa shape index (κ1) is 26.9. The molecule has 8 rings (SSSR count). The predicted molar refractivity (Wildman–Crippen MR) is 195 cm³/mol. The highest BCUT2D eigenvalue weighted by Crippen LogP contribution is 2.48. The molecule has 44 heavy (non-hydrogen) atoms. The Morgan fingerprint density at radius 2 is 0.705 bits per heavy atom. The van der Waals surface area contributed by atoms with Gasteiger partial charge in [0.1, 0.15) is 0 Å². The molecule has 0 radical (unpaired) electrons. The first-order valence-electron chi connectivity index (χ1n) is 14.9. The van der Waals surface area contributed by atoms with Crippen LogP contribution in [0.25, 0.3) is 32.3 Å². The van der Waals surface area contributed by atoms with E-state index in [9.17, 15) is 0 Å². The smallest absolute Gasteiger partial charge is 0.171 e. The van der Waals surface area contributed by atoms with Crippen molar-refractivity contribution in [3.8, 4) is 0 Å². The van der Waals surface area contributed by atoms with Gasteiger partial charge < -0.3 is 4.57 Å². The number of benzene rings is 8. The van der Waals surface area contributed by atoms with Crippen LogP contribution in [-0.4, -0.2) is 6.30 Å². The molecule has 0 heterocycles. The molecule has 1 nitrogen and oxygen atoms in total. The van der Waals surface area contributed by atoms with E-state index in [4.69, 9.17) is 6.30 Å². The van der Waals surface area contributed by atoms with Crippen molar-refractivity contribution in [3.05, 3.63) is 170 Å². The van der Waals surface area contributed by atoms with Gasteiger partial charge in [-0.05, 0) is 61.2 Å². The minimum absolute atomic E-state index is 0.845. The van der Waals surface area contributed by atoms with E-state index in [1.165, 1.54) is 37.5 Å². The first-order valence-corrected chi connectivity index (χ1v) is 18.6. The van der Waals surface area contributed by atoms with Crippen LogP contribution in [0.15, 0.2) is 170 Å². The molecule has 0 atom stereocenters. The molecule has 8 aromatic carbocycles. The van der Waals surface area contributed by atoms with Gasteiger partial charge in [-0.15, -0.1) is 0 Å². The van der Waals surface area contributed by atoms with Gasteiger partial charge in [0, 0.05) is 15.9 Å². The Morgan fingerprint density at radius 1 is 0.364 bits per heavy atom. The second kappa shape index (κ2) is 10.5. The zero-order valence-electron chi connectivity index (χ0n) is 24.2. The van der Waals surface area contributed by atoms with Crippen LogP contribution in [0.3, 0.4) is 0 Å². The lowest BCUT2D eigenvalue weighted by Crippen LogP contribution is -2.26. The summed E-state index contributed by atoms with van der Waals surface area (Å²) in [6, 6.07) is 59.1. The van der Waals surface area contributed by atoms with Gasteiger partial charge in [-0.1, -0.05) is 170 Å². The average molecular weight is 601 g/mol. The van der Waals surface area contributed by atoms with Crippen molar-refractivity contribution in [1.29, 1.82) is 0 Å². The van der Waals surface area contributed by atoms with E-state index in [-0.39, 0.29) is 0 Å². The molecule has 0 aromatic heterocycles. The third-order valence-corrected chi connectivity index (χ3v) is 15.7. The van der Waals surface area contributed by atoms with E-state index in [0.717, 1.165) is 26.7 Å². The molecule has 3 heteroatoms. The molecule has 0 spiro atoms. The topological polar surface area (TPSA) is 17.1 Å². The Balaban J connectivity index is 1.48. The first-order chi connectivity index (χ1) is 21.6. The van der Waals surface area contributed by atoms with Crippen molar-refractivity contribution in [1.82, 2.24) is 0 Å². The van der Waals surface area contributed by atoms with E-state index in [0.29, 0.717) is 0 Å². The van der Waals surface area contributed by atoms with Crippen LogP contribution in [0.1, 0.15) is 0 Å². The Bertz CT molecular complexity index is 2110.